The van der Waals surface area contributed by atoms with Gasteiger partial charge in [-0.2, -0.15) is 0 Å². The van der Waals surface area contributed by atoms with E-state index in [0.29, 0.717) is 46.4 Å². The van der Waals surface area contributed by atoms with E-state index in [2.05, 4.69) is 11.9 Å². The molecular formula is C23H24ClN3O3. The van der Waals surface area contributed by atoms with Crippen LogP contribution in [0.2, 0.25) is 5.02 Å². The minimum Gasteiger partial charge on any atom is -0.496 e. The van der Waals surface area contributed by atoms with Crippen molar-refractivity contribution >= 4 is 34.7 Å². The third kappa shape index (κ3) is 3.46. The Hall–Kier alpha value is -2.83. The summed E-state index contributed by atoms with van der Waals surface area (Å²) in [5.41, 5.74) is 2.74. The minimum atomic E-state index is -0.358. The molecule has 1 saturated heterocycles. The van der Waals surface area contributed by atoms with E-state index in [-0.39, 0.29) is 11.8 Å². The highest BCUT2D eigenvalue weighted by molar-refractivity contribution is 6.46. The summed E-state index contributed by atoms with van der Waals surface area (Å²) < 4.78 is 5.51. The van der Waals surface area contributed by atoms with Crippen LogP contribution in [-0.2, 0) is 9.59 Å². The highest BCUT2D eigenvalue weighted by Gasteiger charge is 2.44. The number of halogens is 1. The third-order valence-corrected chi connectivity index (χ3v) is 5.90. The van der Waals surface area contributed by atoms with Crippen LogP contribution in [0.25, 0.3) is 5.57 Å². The van der Waals surface area contributed by atoms with Gasteiger partial charge in [0.15, 0.2) is 0 Å². The molecule has 1 fully saturated rings. The number of likely N-dealkylation sites (N-methyl/N-ethyl adjacent to an activating group) is 1. The van der Waals surface area contributed by atoms with Gasteiger partial charge in [-0.15, -0.1) is 0 Å². The second kappa shape index (κ2) is 8.13. The van der Waals surface area contributed by atoms with E-state index in [4.69, 9.17) is 16.3 Å². The summed E-state index contributed by atoms with van der Waals surface area (Å²) >= 11 is 6.19. The number of rotatable bonds is 4. The van der Waals surface area contributed by atoms with Gasteiger partial charge in [0.1, 0.15) is 11.4 Å². The number of methoxy groups -OCH3 is 1. The van der Waals surface area contributed by atoms with Crippen LogP contribution in [0.5, 0.6) is 5.75 Å². The molecule has 0 saturated carbocycles. The number of anilines is 1. The van der Waals surface area contributed by atoms with Crippen LogP contribution in [0.15, 0.2) is 48.2 Å². The lowest BCUT2D eigenvalue weighted by Gasteiger charge is -2.34. The number of hydrogen-bond donors (Lipinski definition) is 0. The number of aryl methyl sites for hydroxylation is 1. The molecule has 0 unspecified atom stereocenters. The molecule has 2 amide bonds. The van der Waals surface area contributed by atoms with E-state index >= 15 is 0 Å². The van der Waals surface area contributed by atoms with Crippen molar-refractivity contribution in [1.29, 1.82) is 0 Å². The number of nitrogens with zero attached hydrogens (tertiary/aromatic N) is 3. The minimum absolute atomic E-state index is 0.323. The number of para-hydroxylation sites is 1. The molecule has 7 heteroatoms. The Labute approximate surface area is 181 Å². The molecule has 156 valence electrons. The molecule has 2 heterocycles. The SMILES string of the molecule is COc1ccccc1C1=C(N2CCN(C)CC2)C(=O)N(c2cc(Cl)ccc2C)C1=O. The van der Waals surface area contributed by atoms with Gasteiger partial charge < -0.3 is 14.5 Å². The molecule has 0 N–H and O–H groups in total. The van der Waals surface area contributed by atoms with Crippen molar-refractivity contribution in [2.75, 3.05) is 45.2 Å². The Morgan fingerprint density at radius 2 is 1.67 bits per heavy atom. The lowest BCUT2D eigenvalue weighted by atomic mass is 10.0. The quantitative estimate of drug-likeness (QED) is 0.704. The standard InChI is InChI=1S/C23H24ClN3O3/c1-15-8-9-16(24)14-18(15)27-22(28)20(17-6-4-5-7-19(17)30-3)21(23(27)29)26-12-10-25(2)11-13-26/h4-9,14H,10-13H2,1-3H3. The van der Waals surface area contributed by atoms with Crippen molar-refractivity contribution in [3.8, 4) is 5.75 Å². The van der Waals surface area contributed by atoms with Crippen molar-refractivity contribution in [3.05, 3.63) is 64.3 Å². The Balaban J connectivity index is 1.88. The summed E-state index contributed by atoms with van der Waals surface area (Å²) in [4.78, 5) is 32.8. The van der Waals surface area contributed by atoms with Crippen LogP contribution < -0.4 is 9.64 Å². The van der Waals surface area contributed by atoms with Crippen molar-refractivity contribution in [2.45, 2.75) is 6.92 Å². The fraction of sp³-hybridized carbons (Fsp3) is 0.304. The Morgan fingerprint density at radius 3 is 2.37 bits per heavy atom. The van der Waals surface area contributed by atoms with Gasteiger partial charge in [-0.25, -0.2) is 4.90 Å². The first-order chi connectivity index (χ1) is 14.4. The molecule has 0 aliphatic carbocycles. The number of piperazine rings is 1. The highest BCUT2D eigenvalue weighted by atomic mass is 35.5. The highest BCUT2D eigenvalue weighted by Crippen LogP contribution is 2.39. The van der Waals surface area contributed by atoms with E-state index in [0.717, 1.165) is 18.7 Å². The molecule has 0 bridgehead atoms. The molecule has 0 spiro atoms. The van der Waals surface area contributed by atoms with Gasteiger partial charge in [0, 0.05) is 36.8 Å². The first-order valence-electron chi connectivity index (χ1n) is 9.88. The Bertz CT molecular complexity index is 1040. The molecule has 2 aliphatic heterocycles. The molecule has 0 aromatic heterocycles. The summed E-state index contributed by atoms with van der Waals surface area (Å²) in [5.74, 6) is -0.121. The summed E-state index contributed by atoms with van der Waals surface area (Å²) in [5, 5.41) is 0.475. The van der Waals surface area contributed by atoms with E-state index in [1.165, 1.54) is 4.90 Å². The molecule has 2 aliphatic rings. The van der Waals surface area contributed by atoms with Gasteiger partial charge in [0.2, 0.25) is 0 Å². The van der Waals surface area contributed by atoms with Crippen LogP contribution in [0.3, 0.4) is 0 Å². The van der Waals surface area contributed by atoms with E-state index in [9.17, 15) is 9.59 Å². The second-order valence-electron chi connectivity index (χ2n) is 7.59. The van der Waals surface area contributed by atoms with Crippen molar-refractivity contribution in [3.63, 3.8) is 0 Å². The average molecular weight is 426 g/mol. The zero-order chi connectivity index (χ0) is 21.4. The Kier molecular flexibility index (Phi) is 5.54. The van der Waals surface area contributed by atoms with Gasteiger partial charge in [-0.3, -0.25) is 9.59 Å². The van der Waals surface area contributed by atoms with Crippen LogP contribution in [-0.4, -0.2) is 62.0 Å². The maximum absolute atomic E-state index is 13.7. The predicted molar refractivity (Wildman–Crippen MR) is 118 cm³/mol. The monoisotopic (exact) mass is 425 g/mol. The maximum Gasteiger partial charge on any atom is 0.282 e. The molecule has 0 atom stereocenters. The van der Waals surface area contributed by atoms with Gasteiger partial charge in [-0.1, -0.05) is 35.9 Å². The number of carbonyl (C=O) groups excluding carboxylic acids is 2. The zero-order valence-electron chi connectivity index (χ0n) is 17.3. The van der Waals surface area contributed by atoms with Crippen LogP contribution in [0.1, 0.15) is 11.1 Å². The number of imide groups is 1. The van der Waals surface area contributed by atoms with Gasteiger partial charge in [0.25, 0.3) is 11.8 Å². The first kappa shape index (κ1) is 20.4. The van der Waals surface area contributed by atoms with Gasteiger partial charge in [0.05, 0.1) is 18.4 Å². The van der Waals surface area contributed by atoms with E-state index in [1.807, 2.05) is 36.1 Å². The Morgan fingerprint density at radius 1 is 0.967 bits per heavy atom. The third-order valence-electron chi connectivity index (χ3n) is 5.67. The van der Waals surface area contributed by atoms with E-state index < -0.39 is 0 Å². The lowest BCUT2D eigenvalue weighted by molar-refractivity contribution is -0.120. The number of benzene rings is 2. The van der Waals surface area contributed by atoms with Crippen LogP contribution >= 0.6 is 11.6 Å². The van der Waals surface area contributed by atoms with Crippen LogP contribution in [0, 0.1) is 6.92 Å². The molecular weight excluding hydrogens is 402 g/mol. The summed E-state index contributed by atoms with van der Waals surface area (Å²) in [6.45, 7) is 4.85. The predicted octanol–water partition coefficient (Wildman–Crippen LogP) is 3.19. The molecule has 4 rings (SSSR count). The summed E-state index contributed by atoms with van der Waals surface area (Å²) in [6.07, 6.45) is 0. The number of hydrogen-bond acceptors (Lipinski definition) is 5. The van der Waals surface area contributed by atoms with Crippen molar-refractivity contribution in [1.82, 2.24) is 9.80 Å². The largest absolute Gasteiger partial charge is 0.496 e. The topological polar surface area (TPSA) is 53.1 Å². The summed E-state index contributed by atoms with van der Waals surface area (Å²) in [7, 11) is 3.62. The molecule has 0 radical (unpaired) electrons. The fourth-order valence-electron chi connectivity index (χ4n) is 3.98. The smallest absolute Gasteiger partial charge is 0.282 e. The molecule has 30 heavy (non-hydrogen) atoms. The summed E-state index contributed by atoms with van der Waals surface area (Å²) in [6, 6.07) is 12.5. The zero-order valence-corrected chi connectivity index (χ0v) is 18.1. The maximum atomic E-state index is 13.7. The van der Waals surface area contributed by atoms with Crippen LogP contribution in [0.4, 0.5) is 5.69 Å². The first-order valence-corrected chi connectivity index (χ1v) is 10.3. The lowest BCUT2D eigenvalue weighted by Crippen LogP contribution is -2.46. The fourth-order valence-corrected chi connectivity index (χ4v) is 4.14. The molecule has 2 aromatic rings. The number of amides is 2. The number of carbonyl (C=O) groups is 2. The number of ether oxygens (including phenoxy) is 1. The molecule has 2 aromatic carbocycles. The van der Waals surface area contributed by atoms with E-state index in [1.54, 1.807) is 25.3 Å². The normalized spacial score (nSPS) is 17.9. The van der Waals surface area contributed by atoms with Crippen molar-refractivity contribution in [2.24, 2.45) is 0 Å². The van der Waals surface area contributed by atoms with Gasteiger partial charge >= 0.3 is 0 Å². The van der Waals surface area contributed by atoms with Gasteiger partial charge in [-0.05, 0) is 37.7 Å². The molecule has 6 nitrogen and oxygen atoms in total. The van der Waals surface area contributed by atoms with Crippen molar-refractivity contribution < 1.29 is 14.3 Å². The second-order valence-corrected chi connectivity index (χ2v) is 8.03. The average Bonchev–Trinajstić information content (AvgIpc) is 3.00.